The second kappa shape index (κ2) is 5.77. The number of nitrogens with one attached hydrogen (secondary N) is 1. The molecule has 3 rings (SSSR count). The van der Waals surface area contributed by atoms with Crippen LogP contribution in [0.4, 0.5) is 11.4 Å². The third kappa shape index (κ3) is 2.71. The Hall–Kier alpha value is -3.02. The zero-order valence-corrected chi connectivity index (χ0v) is 12.4. The van der Waals surface area contributed by atoms with Gasteiger partial charge in [0.15, 0.2) is 5.75 Å². The Labute approximate surface area is 128 Å². The van der Waals surface area contributed by atoms with Crippen LogP contribution in [0.2, 0.25) is 0 Å². The quantitative estimate of drug-likeness (QED) is 0.724. The Bertz CT molecular complexity index is 779. The van der Waals surface area contributed by atoms with Crippen LogP contribution in [-0.4, -0.2) is 21.8 Å². The molecule has 0 spiro atoms. The van der Waals surface area contributed by atoms with Crippen molar-refractivity contribution in [1.29, 1.82) is 0 Å². The summed E-state index contributed by atoms with van der Waals surface area (Å²) in [7, 11) is 3.71. The number of ether oxygens (including phenoxy) is 1. The van der Waals surface area contributed by atoms with Gasteiger partial charge in [0.1, 0.15) is 17.1 Å². The van der Waals surface area contributed by atoms with E-state index in [2.05, 4.69) is 15.4 Å². The van der Waals surface area contributed by atoms with Gasteiger partial charge in [-0.1, -0.05) is 0 Å². The van der Waals surface area contributed by atoms with Crippen molar-refractivity contribution in [3.8, 4) is 22.8 Å². The van der Waals surface area contributed by atoms with E-state index in [1.807, 2.05) is 38.5 Å². The van der Waals surface area contributed by atoms with E-state index < -0.39 is 0 Å². The van der Waals surface area contributed by atoms with Gasteiger partial charge in [0.25, 0.3) is 0 Å². The van der Waals surface area contributed by atoms with Gasteiger partial charge in [-0.15, -0.1) is 0 Å². The lowest BCUT2D eigenvalue weighted by molar-refractivity contribution is 0.484. The number of aromatic nitrogens is 3. The number of benzene rings is 1. The maximum Gasteiger partial charge on any atom is 0.154 e. The van der Waals surface area contributed by atoms with Crippen LogP contribution in [0.3, 0.4) is 0 Å². The number of hydrogen-bond acceptors (Lipinski definition) is 5. The molecule has 3 N–H and O–H groups in total. The molecule has 0 fully saturated rings. The maximum atomic E-state index is 5.94. The summed E-state index contributed by atoms with van der Waals surface area (Å²) in [6.45, 7) is 0. The molecule has 0 unspecified atom stereocenters. The average molecular weight is 295 g/mol. The first-order valence-electron chi connectivity index (χ1n) is 6.86. The molecular formula is C16H17N5O. The molecule has 2 aromatic heterocycles. The molecule has 0 saturated carbocycles. The largest absolute Gasteiger partial charge is 0.455 e. The molecule has 6 heteroatoms. The second-order valence-electron chi connectivity index (χ2n) is 4.86. The van der Waals surface area contributed by atoms with Crippen LogP contribution in [0, 0.1) is 0 Å². The van der Waals surface area contributed by atoms with Crippen LogP contribution in [0.1, 0.15) is 0 Å². The molecule has 6 nitrogen and oxygen atoms in total. The Kier molecular flexibility index (Phi) is 3.65. The summed E-state index contributed by atoms with van der Waals surface area (Å²) < 4.78 is 7.68. The molecule has 0 bridgehead atoms. The summed E-state index contributed by atoms with van der Waals surface area (Å²) >= 11 is 0. The Morgan fingerprint density at radius 3 is 2.59 bits per heavy atom. The summed E-state index contributed by atoms with van der Waals surface area (Å²) in [4.78, 5) is 4.43. The zero-order chi connectivity index (χ0) is 15.5. The third-order valence-corrected chi connectivity index (χ3v) is 3.25. The maximum absolute atomic E-state index is 5.94. The van der Waals surface area contributed by atoms with E-state index in [-0.39, 0.29) is 0 Å². The van der Waals surface area contributed by atoms with Crippen molar-refractivity contribution < 1.29 is 4.74 Å². The van der Waals surface area contributed by atoms with Gasteiger partial charge in [-0.05, 0) is 24.3 Å². The van der Waals surface area contributed by atoms with Crippen molar-refractivity contribution >= 4 is 11.4 Å². The van der Waals surface area contributed by atoms with Crippen molar-refractivity contribution in [2.75, 3.05) is 18.1 Å². The number of pyridine rings is 1. The molecule has 0 aliphatic heterocycles. The van der Waals surface area contributed by atoms with E-state index in [9.17, 15) is 0 Å². The summed E-state index contributed by atoms with van der Waals surface area (Å²) in [5, 5.41) is 7.34. The van der Waals surface area contributed by atoms with E-state index >= 15 is 0 Å². The number of nitrogen functional groups attached to an aromatic ring is 1. The SMILES string of the molecule is CNc1c(Oc2ccc(N)cc2)ccnc1-c1cnn(C)c1. The van der Waals surface area contributed by atoms with Gasteiger partial charge < -0.3 is 15.8 Å². The van der Waals surface area contributed by atoms with Gasteiger partial charge >= 0.3 is 0 Å². The molecule has 0 aliphatic carbocycles. The smallest absolute Gasteiger partial charge is 0.154 e. The fourth-order valence-electron chi connectivity index (χ4n) is 2.20. The number of hydrogen-bond donors (Lipinski definition) is 2. The molecular weight excluding hydrogens is 278 g/mol. The highest BCUT2D eigenvalue weighted by atomic mass is 16.5. The van der Waals surface area contributed by atoms with Crippen LogP contribution in [-0.2, 0) is 7.05 Å². The van der Waals surface area contributed by atoms with Crippen molar-refractivity contribution in [3.05, 3.63) is 48.9 Å². The van der Waals surface area contributed by atoms with Crippen LogP contribution in [0.25, 0.3) is 11.3 Å². The lowest BCUT2D eigenvalue weighted by atomic mass is 10.2. The van der Waals surface area contributed by atoms with E-state index in [1.54, 1.807) is 29.2 Å². The minimum absolute atomic E-state index is 0.695. The summed E-state index contributed by atoms with van der Waals surface area (Å²) in [6, 6.07) is 9.09. The van der Waals surface area contributed by atoms with Crippen LogP contribution < -0.4 is 15.8 Å². The summed E-state index contributed by atoms with van der Waals surface area (Å²) in [6.07, 6.45) is 5.40. The number of rotatable bonds is 4. The van der Waals surface area contributed by atoms with E-state index in [1.165, 1.54) is 0 Å². The molecule has 3 aromatic rings. The van der Waals surface area contributed by atoms with Crippen molar-refractivity contribution in [2.24, 2.45) is 7.05 Å². The van der Waals surface area contributed by atoms with Gasteiger partial charge in [-0.2, -0.15) is 5.10 Å². The van der Waals surface area contributed by atoms with Gasteiger partial charge in [0.05, 0.1) is 6.20 Å². The molecule has 0 aliphatic rings. The minimum atomic E-state index is 0.695. The molecule has 0 atom stereocenters. The summed E-state index contributed by atoms with van der Waals surface area (Å²) in [5.41, 5.74) is 8.93. The molecule has 2 heterocycles. The molecule has 0 saturated heterocycles. The number of aryl methyl sites for hydroxylation is 1. The fourth-order valence-corrected chi connectivity index (χ4v) is 2.20. The molecule has 0 amide bonds. The molecule has 0 radical (unpaired) electrons. The first kappa shape index (κ1) is 13.9. The first-order chi connectivity index (χ1) is 10.7. The fraction of sp³-hybridized carbons (Fsp3) is 0.125. The second-order valence-corrected chi connectivity index (χ2v) is 4.86. The predicted octanol–water partition coefficient (Wildman–Crippen LogP) is 2.90. The molecule has 22 heavy (non-hydrogen) atoms. The summed E-state index contributed by atoms with van der Waals surface area (Å²) in [5.74, 6) is 1.41. The van der Waals surface area contributed by atoms with Gasteiger partial charge in [0, 0.05) is 43.8 Å². The monoisotopic (exact) mass is 295 g/mol. The first-order valence-corrected chi connectivity index (χ1v) is 6.86. The predicted molar refractivity (Wildman–Crippen MR) is 86.9 cm³/mol. The van der Waals surface area contributed by atoms with E-state index in [0.717, 1.165) is 16.9 Å². The Morgan fingerprint density at radius 1 is 1.18 bits per heavy atom. The highest BCUT2D eigenvalue weighted by molar-refractivity contribution is 5.78. The van der Waals surface area contributed by atoms with Crippen LogP contribution in [0.15, 0.2) is 48.9 Å². The number of anilines is 2. The number of nitrogens with two attached hydrogens (primary N) is 1. The highest BCUT2D eigenvalue weighted by Gasteiger charge is 2.13. The van der Waals surface area contributed by atoms with Crippen molar-refractivity contribution in [3.63, 3.8) is 0 Å². The standard InChI is InChI=1S/C16H17N5O/c1-18-16-14(22-13-5-3-12(17)4-6-13)7-8-19-15(16)11-9-20-21(2)10-11/h3-10,18H,17H2,1-2H3. The average Bonchev–Trinajstić information content (AvgIpc) is 2.96. The minimum Gasteiger partial charge on any atom is -0.455 e. The van der Waals surface area contributed by atoms with Gasteiger partial charge in [0.2, 0.25) is 0 Å². The third-order valence-electron chi connectivity index (χ3n) is 3.25. The normalized spacial score (nSPS) is 10.5. The lowest BCUT2D eigenvalue weighted by Crippen LogP contribution is -1.98. The van der Waals surface area contributed by atoms with Crippen LogP contribution >= 0.6 is 0 Å². The van der Waals surface area contributed by atoms with Crippen LogP contribution in [0.5, 0.6) is 11.5 Å². The van der Waals surface area contributed by atoms with Crippen molar-refractivity contribution in [2.45, 2.75) is 0 Å². The van der Waals surface area contributed by atoms with E-state index in [0.29, 0.717) is 17.2 Å². The van der Waals surface area contributed by atoms with E-state index in [4.69, 9.17) is 10.5 Å². The topological polar surface area (TPSA) is 78.0 Å². The van der Waals surface area contributed by atoms with Gasteiger partial charge in [-0.3, -0.25) is 9.67 Å². The number of nitrogens with zero attached hydrogens (tertiary/aromatic N) is 3. The Morgan fingerprint density at radius 2 is 1.95 bits per heavy atom. The Balaban J connectivity index is 1.99. The highest BCUT2D eigenvalue weighted by Crippen LogP contribution is 2.36. The lowest BCUT2D eigenvalue weighted by Gasteiger charge is -2.13. The molecule has 112 valence electrons. The zero-order valence-electron chi connectivity index (χ0n) is 12.4. The van der Waals surface area contributed by atoms with Gasteiger partial charge in [-0.25, -0.2) is 0 Å². The molecule has 1 aromatic carbocycles. The van der Waals surface area contributed by atoms with Crippen molar-refractivity contribution in [1.82, 2.24) is 14.8 Å².